The average molecular weight is 221 g/mol. The van der Waals surface area contributed by atoms with Gasteiger partial charge in [-0.3, -0.25) is 9.59 Å². The fourth-order valence-electron chi connectivity index (χ4n) is 1.97. The van der Waals surface area contributed by atoms with E-state index in [2.05, 4.69) is 6.92 Å². The van der Waals surface area contributed by atoms with Gasteiger partial charge >= 0.3 is 0 Å². The van der Waals surface area contributed by atoms with E-state index in [4.69, 9.17) is 4.42 Å². The van der Waals surface area contributed by atoms with Crippen LogP contribution >= 0.6 is 0 Å². The maximum atomic E-state index is 11.7. The smallest absolute Gasteiger partial charge is 0.223 e. The van der Waals surface area contributed by atoms with Crippen molar-refractivity contribution in [3.63, 3.8) is 0 Å². The maximum absolute atomic E-state index is 11.7. The Morgan fingerprint density at radius 3 is 3.00 bits per heavy atom. The molecule has 1 aromatic rings. The number of likely N-dealkylation sites (tertiary alicyclic amines) is 1. The Bertz CT molecular complexity index is 383. The lowest BCUT2D eigenvalue weighted by atomic mass is 10.1. The summed E-state index contributed by atoms with van der Waals surface area (Å²) in [6.45, 7) is 2.90. The van der Waals surface area contributed by atoms with Crippen molar-refractivity contribution in [3.8, 4) is 0 Å². The summed E-state index contributed by atoms with van der Waals surface area (Å²) in [5.74, 6) is 0.673. The van der Waals surface area contributed by atoms with Crippen molar-refractivity contribution in [3.05, 3.63) is 24.2 Å². The average Bonchev–Trinajstić information content (AvgIpc) is 2.88. The van der Waals surface area contributed by atoms with Gasteiger partial charge in [-0.2, -0.15) is 0 Å². The summed E-state index contributed by atoms with van der Waals surface area (Å²) < 4.78 is 5.01. The van der Waals surface area contributed by atoms with Crippen molar-refractivity contribution >= 4 is 11.7 Å². The number of Topliss-reactive ketones (excluding diaryl/α,β-unsaturated/α-hetero) is 1. The highest BCUT2D eigenvalue weighted by Gasteiger charge is 2.30. The van der Waals surface area contributed by atoms with Crippen molar-refractivity contribution in [1.29, 1.82) is 0 Å². The third-order valence-electron chi connectivity index (χ3n) is 3.00. The summed E-state index contributed by atoms with van der Waals surface area (Å²) >= 11 is 0. The first kappa shape index (κ1) is 10.9. The van der Waals surface area contributed by atoms with Gasteiger partial charge in [-0.25, -0.2) is 0 Å². The molecule has 4 nitrogen and oxygen atoms in total. The SMILES string of the molecule is CCC1CC(=O)N(CC(=O)c2ccco2)C1. The van der Waals surface area contributed by atoms with E-state index in [1.165, 1.54) is 6.26 Å². The van der Waals surface area contributed by atoms with Crippen LogP contribution in [-0.2, 0) is 4.79 Å². The van der Waals surface area contributed by atoms with Crippen LogP contribution in [0.3, 0.4) is 0 Å². The van der Waals surface area contributed by atoms with Crippen LogP contribution < -0.4 is 0 Å². The Balaban J connectivity index is 1.96. The molecule has 0 aliphatic carbocycles. The largest absolute Gasteiger partial charge is 0.461 e. The number of nitrogens with zero attached hydrogens (tertiary/aromatic N) is 1. The van der Waals surface area contributed by atoms with Gasteiger partial charge in [-0.15, -0.1) is 0 Å². The molecule has 0 bridgehead atoms. The van der Waals surface area contributed by atoms with E-state index in [1.807, 2.05) is 0 Å². The molecule has 0 radical (unpaired) electrons. The van der Waals surface area contributed by atoms with Gasteiger partial charge in [0.25, 0.3) is 0 Å². The molecule has 0 N–H and O–H groups in total. The first-order valence-electron chi connectivity index (χ1n) is 5.55. The normalized spacial score (nSPS) is 20.4. The monoisotopic (exact) mass is 221 g/mol. The second kappa shape index (κ2) is 4.51. The zero-order valence-corrected chi connectivity index (χ0v) is 9.31. The molecule has 2 rings (SSSR count). The fraction of sp³-hybridized carbons (Fsp3) is 0.500. The van der Waals surface area contributed by atoms with Gasteiger partial charge in [-0.1, -0.05) is 13.3 Å². The summed E-state index contributed by atoms with van der Waals surface area (Å²) in [5, 5.41) is 0. The highest BCUT2D eigenvalue weighted by Crippen LogP contribution is 2.20. The van der Waals surface area contributed by atoms with Crippen molar-refractivity contribution in [2.45, 2.75) is 19.8 Å². The van der Waals surface area contributed by atoms with Gasteiger partial charge < -0.3 is 9.32 Å². The van der Waals surface area contributed by atoms with Crippen LogP contribution in [0.5, 0.6) is 0 Å². The molecule has 1 unspecified atom stereocenters. The lowest BCUT2D eigenvalue weighted by Gasteiger charge is -2.14. The molecule has 0 spiro atoms. The molecular weight excluding hydrogens is 206 g/mol. The number of hydrogen-bond acceptors (Lipinski definition) is 3. The Morgan fingerprint density at radius 1 is 1.62 bits per heavy atom. The maximum Gasteiger partial charge on any atom is 0.223 e. The molecule has 86 valence electrons. The van der Waals surface area contributed by atoms with Gasteiger partial charge in [-0.05, 0) is 18.1 Å². The second-order valence-electron chi connectivity index (χ2n) is 4.15. The molecule has 0 saturated carbocycles. The first-order valence-corrected chi connectivity index (χ1v) is 5.55. The molecule has 1 aromatic heterocycles. The van der Waals surface area contributed by atoms with Gasteiger partial charge in [0.1, 0.15) is 0 Å². The van der Waals surface area contributed by atoms with Crippen LogP contribution in [0, 0.1) is 5.92 Å². The predicted molar refractivity (Wildman–Crippen MR) is 58.0 cm³/mol. The Labute approximate surface area is 94.2 Å². The van der Waals surface area contributed by atoms with Crippen LogP contribution in [-0.4, -0.2) is 29.7 Å². The van der Waals surface area contributed by atoms with Gasteiger partial charge in [0.2, 0.25) is 11.7 Å². The molecular formula is C12H15NO3. The predicted octanol–water partition coefficient (Wildman–Crippen LogP) is 1.72. The summed E-state index contributed by atoms with van der Waals surface area (Å²) in [6.07, 6.45) is 3.02. The zero-order valence-electron chi connectivity index (χ0n) is 9.31. The third-order valence-corrected chi connectivity index (χ3v) is 3.00. The van der Waals surface area contributed by atoms with Gasteiger partial charge in [0.05, 0.1) is 12.8 Å². The molecule has 1 aliphatic rings. The molecule has 4 heteroatoms. The summed E-state index contributed by atoms with van der Waals surface area (Å²) in [4.78, 5) is 24.9. The topological polar surface area (TPSA) is 50.5 Å². The van der Waals surface area contributed by atoms with E-state index in [0.29, 0.717) is 24.6 Å². The third kappa shape index (κ3) is 2.15. The number of carbonyl (C=O) groups excluding carboxylic acids is 2. The minimum absolute atomic E-state index is 0.0757. The highest BCUT2D eigenvalue weighted by molar-refractivity contribution is 5.97. The number of carbonyl (C=O) groups is 2. The van der Waals surface area contributed by atoms with E-state index in [9.17, 15) is 9.59 Å². The molecule has 1 atom stereocenters. The van der Waals surface area contributed by atoms with E-state index in [1.54, 1.807) is 17.0 Å². The van der Waals surface area contributed by atoms with E-state index >= 15 is 0 Å². The number of rotatable bonds is 4. The van der Waals surface area contributed by atoms with E-state index < -0.39 is 0 Å². The Morgan fingerprint density at radius 2 is 2.44 bits per heavy atom. The van der Waals surface area contributed by atoms with Gasteiger partial charge in [0, 0.05) is 13.0 Å². The number of furan rings is 1. The Hall–Kier alpha value is -1.58. The highest BCUT2D eigenvalue weighted by atomic mass is 16.3. The first-order chi connectivity index (χ1) is 7.70. The molecule has 1 aliphatic heterocycles. The van der Waals surface area contributed by atoms with Crippen LogP contribution in [0.25, 0.3) is 0 Å². The zero-order chi connectivity index (χ0) is 11.5. The lowest BCUT2D eigenvalue weighted by Crippen LogP contribution is -2.31. The van der Waals surface area contributed by atoms with Crippen LogP contribution in [0.2, 0.25) is 0 Å². The van der Waals surface area contributed by atoms with E-state index in [0.717, 1.165) is 6.42 Å². The molecule has 0 aromatic carbocycles. The van der Waals surface area contributed by atoms with Crippen LogP contribution in [0.4, 0.5) is 0 Å². The molecule has 1 amide bonds. The van der Waals surface area contributed by atoms with Crippen LogP contribution in [0.15, 0.2) is 22.8 Å². The Kier molecular flexibility index (Phi) is 3.08. The van der Waals surface area contributed by atoms with Crippen molar-refractivity contribution in [2.24, 2.45) is 5.92 Å². The van der Waals surface area contributed by atoms with Crippen molar-refractivity contribution < 1.29 is 14.0 Å². The lowest BCUT2D eigenvalue weighted by molar-refractivity contribution is -0.127. The minimum Gasteiger partial charge on any atom is -0.461 e. The standard InChI is InChI=1S/C12H15NO3/c1-2-9-6-12(15)13(7-9)8-10(14)11-4-3-5-16-11/h3-5,9H,2,6-8H2,1H3. The quantitative estimate of drug-likeness (QED) is 0.727. The molecule has 1 fully saturated rings. The summed E-state index contributed by atoms with van der Waals surface area (Å²) in [5.41, 5.74) is 0. The van der Waals surface area contributed by atoms with Gasteiger partial charge in [0.15, 0.2) is 5.76 Å². The summed E-state index contributed by atoms with van der Waals surface area (Å²) in [7, 11) is 0. The minimum atomic E-state index is -0.130. The second-order valence-corrected chi connectivity index (χ2v) is 4.15. The number of ketones is 1. The molecule has 1 saturated heterocycles. The van der Waals surface area contributed by atoms with E-state index in [-0.39, 0.29) is 18.2 Å². The summed E-state index contributed by atoms with van der Waals surface area (Å²) in [6, 6.07) is 3.30. The number of amides is 1. The van der Waals surface area contributed by atoms with Crippen molar-refractivity contribution in [2.75, 3.05) is 13.1 Å². The molecule has 16 heavy (non-hydrogen) atoms. The number of hydrogen-bond donors (Lipinski definition) is 0. The van der Waals surface area contributed by atoms with Crippen molar-refractivity contribution in [1.82, 2.24) is 4.90 Å². The van der Waals surface area contributed by atoms with Crippen LogP contribution in [0.1, 0.15) is 30.3 Å². The molecule has 2 heterocycles. The fourth-order valence-corrected chi connectivity index (χ4v) is 1.97.